The van der Waals surface area contributed by atoms with E-state index in [1.165, 1.54) is 0 Å². The fraction of sp³-hybridized carbons (Fsp3) is 0.367. The second-order valence-corrected chi connectivity index (χ2v) is 16.8. The number of para-hydroxylation sites is 1. The Morgan fingerprint density at radius 2 is 1.90 bits per heavy atom. The standard InChI is InChI=1S/C30H41N7O3Si/c1-31-14-15-36(2)27-19-28(39-4)25(18-24(27)35-30(38)40-16-17-41(5,6)7)34-29-32-13-12-23(33-29)22-20-37(3)26-11-9-8-10-21(22)26/h8-13,18-20,31H,14-17H2,1-7H3,(H,35,38)(H,32,33,34). The molecule has 0 spiro atoms. The van der Waals surface area contributed by atoms with Crippen LogP contribution in [-0.2, 0) is 11.8 Å². The molecule has 2 aromatic heterocycles. The van der Waals surface area contributed by atoms with Crippen molar-refractivity contribution in [2.24, 2.45) is 7.05 Å². The van der Waals surface area contributed by atoms with Crippen LogP contribution in [0.3, 0.4) is 0 Å². The summed E-state index contributed by atoms with van der Waals surface area (Å²) < 4.78 is 13.4. The van der Waals surface area contributed by atoms with E-state index in [9.17, 15) is 4.79 Å². The quantitative estimate of drug-likeness (QED) is 0.179. The minimum absolute atomic E-state index is 0.391. The molecule has 41 heavy (non-hydrogen) atoms. The minimum atomic E-state index is -1.33. The summed E-state index contributed by atoms with van der Waals surface area (Å²) >= 11 is 0. The van der Waals surface area contributed by atoms with Crippen molar-refractivity contribution in [1.29, 1.82) is 0 Å². The van der Waals surface area contributed by atoms with E-state index >= 15 is 0 Å². The molecule has 0 fully saturated rings. The topological polar surface area (TPSA) is 106 Å². The summed E-state index contributed by atoms with van der Waals surface area (Å²) in [6.45, 7) is 8.64. The highest BCUT2D eigenvalue weighted by atomic mass is 28.3. The number of hydrogen-bond donors (Lipinski definition) is 3. The number of anilines is 4. The number of methoxy groups -OCH3 is 1. The number of ether oxygens (including phenoxy) is 2. The summed E-state index contributed by atoms with van der Waals surface area (Å²) in [7, 11) is 6.18. The molecule has 0 aliphatic carbocycles. The fourth-order valence-corrected chi connectivity index (χ4v) is 5.20. The Balaban J connectivity index is 1.65. The number of nitrogens with one attached hydrogen (secondary N) is 3. The van der Waals surface area contributed by atoms with Gasteiger partial charge in [0.1, 0.15) is 5.75 Å². The highest BCUT2D eigenvalue weighted by Crippen LogP contribution is 2.38. The maximum atomic E-state index is 12.8. The van der Waals surface area contributed by atoms with Gasteiger partial charge in [-0.1, -0.05) is 37.8 Å². The molecule has 0 saturated heterocycles. The molecule has 2 heterocycles. The summed E-state index contributed by atoms with van der Waals surface area (Å²) in [5, 5.41) is 10.5. The number of hydrogen-bond acceptors (Lipinski definition) is 8. The maximum Gasteiger partial charge on any atom is 0.411 e. The third-order valence-electron chi connectivity index (χ3n) is 6.82. The predicted molar refractivity (Wildman–Crippen MR) is 171 cm³/mol. The SMILES string of the molecule is CNCCN(C)c1cc(OC)c(Nc2nccc(-c3cn(C)c4ccccc34)n2)cc1NC(=O)OCC[Si](C)(C)C. The van der Waals surface area contributed by atoms with E-state index in [4.69, 9.17) is 14.5 Å². The molecule has 218 valence electrons. The van der Waals surface area contributed by atoms with Crippen LogP contribution in [0.4, 0.5) is 27.8 Å². The lowest BCUT2D eigenvalue weighted by Gasteiger charge is -2.25. The molecule has 11 heteroatoms. The molecule has 3 N–H and O–H groups in total. The van der Waals surface area contributed by atoms with Crippen LogP contribution in [-0.4, -0.2) is 69.6 Å². The molecule has 2 aromatic carbocycles. The van der Waals surface area contributed by atoms with Gasteiger partial charge in [0.15, 0.2) is 0 Å². The van der Waals surface area contributed by atoms with E-state index in [0.29, 0.717) is 29.7 Å². The fourth-order valence-electron chi connectivity index (χ4n) is 4.48. The van der Waals surface area contributed by atoms with Crippen LogP contribution in [0.2, 0.25) is 25.7 Å². The molecule has 0 radical (unpaired) electrons. The Bertz CT molecular complexity index is 1500. The van der Waals surface area contributed by atoms with Gasteiger partial charge in [-0.15, -0.1) is 0 Å². The number of likely N-dealkylation sites (N-methyl/N-ethyl adjacent to an activating group) is 2. The Hall–Kier alpha value is -4.09. The van der Waals surface area contributed by atoms with Gasteiger partial charge in [0, 0.05) is 70.2 Å². The van der Waals surface area contributed by atoms with Crippen LogP contribution in [0.5, 0.6) is 5.75 Å². The van der Waals surface area contributed by atoms with Crippen LogP contribution in [0.15, 0.2) is 54.9 Å². The normalized spacial score (nSPS) is 11.4. The number of fused-ring (bicyclic) bond motifs is 1. The Kier molecular flexibility index (Phi) is 9.51. The third kappa shape index (κ3) is 7.56. The van der Waals surface area contributed by atoms with Gasteiger partial charge in [-0.2, -0.15) is 0 Å². The predicted octanol–water partition coefficient (Wildman–Crippen LogP) is 5.93. The monoisotopic (exact) mass is 575 g/mol. The zero-order valence-electron chi connectivity index (χ0n) is 25.0. The molecule has 10 nitrogen and oxygen atoms in total. The molecule has 0 aliphatic rings. The number of aromatic nitrogens is 3. The van der Waals surface area contributed by atoms with Gasteiger partial charge in [-0.25, -0.2) is 14.8 Å². The average Bonchev–Trinajstić information content (AvgIpc) is 3.28. The zero-order chi connectivity index (χ0) is 29.6. The first-order valence-electron chi connectivity index (χ1n) is 13.8. The van der Waals surface area contributed by atoms with Gasteiger partial charge in [0.05, 0.1) is 36.5 Å². The number of amides is 1. The van der Waals surface area contributed by atoms with Crippen molar-refractivity contribution in [3.05, 3.63) is 54.9 Å². The summed E-state index contributed by atoms with van der Waals surface area (Å²) in [5.74, 6) is 1.00. The molecule has 0 atom stereocenters. The van der Waals surface area contributed by atoms with E-state index in [0.717, 1.165) is 47.0 Å². The van der Waals surface area contributed by atoms with Crippen molar-refractivity contribution in [1.82, 2.24) is 19.9 Å². The number of carbonyl (C=O) groups excluding carboxylic acids is 1. The van der Waals surface area contributed by atoms with Gasteiger partial charge in [0.25, 0.3) is 0 Å². The van der Waals surface area contributed by atoms with Crippen molar-refractivity contribution >= 4 is 48.1 Å². The van der Waals surface area contributed by atoms with Crippen LogP contribution < -0.4 is 25.6 Å². The van der Waals surface area contributed by atoms with E-state index in [-0.39, 0.29) is 0 Å². The molecule has 0 bridgehead atoms. The molecule has 0 aliphatic heterocycles. The summed E-state index contributed by atoms with van der Waals surface area (Å²) in [6.07, 6.45) is 3.31. The summed E-state index contributed by atoms with van der Waals surface area (Å²) in [6, 6.07) is 14.7. The van der Waals surface area contributed by atoms with Crippen molar-refractivity contribution in [3.8, 4) is 17.0 Å². The lowest BCUT2D eigenvalue weighted by Crippen LogP contribution is -2.28. The number of benzene rings is 2. The maximum absolute atomic E-state index is 12.8. The Morgan fingerprint density at radius 3 is 2.63 bits per heavy atom. The minimum Gasteiger partial charge on any atom is -0.494 e. The second-order valence-electron chi connectivity index (χ2n) is 11.2. The molecule has 4 rings (SSSR count). The largest absolute Gasteiger partial charge is 0.494 e. The summed E-state index contributed by atoms with van der Waals surface area (Å²) in [5.41, 5.74) is 4.95. The van der Waals surface area contributed by atoms with Gasteiger partial charge >= 0.3 is 6.09 Å². The highest BCUT2D eigenvalue weighted by molar-refractivity contribution is 6.76. The molecule has 0 saturated carbocycles. The number of aryl methyl sites for hydroxylation is 1. The molecule has 1 amide bonds. The Labute approximate surface area is 243 Å². The van der Waals surface area contributed by atoms with E-state index in [1.54, 1.807) is 13.3 Å². The molecule has 0 unspecified atom stereocenters. The van der Waals surface area contributed by atoms with Crippen molar-refractivity contribution < 1.29 is 14.3 Å². The third-order valence-corrected chi connectivity index (χ3v) is 8.53. The van der Waals surface area contributed by atoms with Crippen LogP contribution in [0.1, 0.15) is 0 Å². The number of carbonyl (C=O) groups is 1. The Morgan fingerprint density at radius 1 is 1.12 bits per heavy atom. The first-order chi connectivity index (χ1) is 19.6. The highest BCUT2D eigenvalue weighted by Gasteiger charge is 2.19. The molecular weight excluding hydrogens is 534 g/mol. The van der Waals surface area contributed by atoms with E-state index in [2.05, 4.69) is 68.4 Å². The average molecular weight is 576 g/mol. The van der Waals surface area contributed by atoms with Gasteiger partial charge in [-0.05, 0) is 31.3 Å². The van der Waals surface area contributed by atoms with Gasteiger partial charge in [-0.3, -0.25) is 5.32 Å². The van der Waals surface area contributed by atoms with Crippen LogP contribution in [0, 0.1) is 0 Å². The molecular formula is C30H41N7O3Si. The van der Waals surface area contributed by atoms with Crippen molar-refractivity contribution in [2.45, 2.75) is 25.7 Å². The van der Waals surface area contributed by atoms with Gasteiger partial charge < -0.3 is 29.6 Å². The lowest BCUT2D eigenvalue weighted by molar-refractivity contribution is 0.167. The van der Waals surface area contributed by atoms with Gasteiger partial charge in [0.2, 0.25) is 5.95 Å². The van der Waals surface area contributed by atoms with E-state index < -0.39 is 14.2 Å². The van der Waals surface area contributed by atoms with Crippen LogP contribution in [0.25, 0.3) is 22.2 Å². The van der Waals surface area contributed by atoms with Crippen LogP contribution >= 0.6 is 0 Å². The first-order valence-corrected chi connectivity index (χ1v) is 17.5. The zero-order valence-corrected chi connectivity index (χ0v) is 26.0. The lowest BCUT2D eigenvalue weighted by atomic mass is 10.1. The molecule has 4 aromatic rings. The number of rotatable bonds is 12. The van der Waals surface area contributed by atoms with E-state index in [1.807, 2.05) is 51.5 Å². The van der Waals surface area contributed by atoms with Crippen molar-refractivity contribution in [3.63, 3.8) is 0 Å². The van der Waals surface area contributed by atoms with Crippen molar-refractivity contribution in [2.75, 3.05) is 56.4 Å². The first kappa shape index (κ1) is 29.9. The smallest absolute Gasteiger partial charge is 0.411 e. The second kappa shape index (κ2) is 13.0. The summed E-state index contributed by atoms with van der Waals surface area (Å²) in [4.78, 5) is 24.1. The number of nitrogens with zero attached hydrogens (tertiary/aromatic N) is 4.